The van der Waals surface area contributed by atoms with E-state index >= 15 is 0 Å². The van der Waals surface area contributed by atoms with E-state index in [2.05, 4.69) is 10.6 Å². The number of carbonyl (C=O) groups excluding carboxylic acids is 2. The fourth-order valence-corrected chi connectivity index (χ4v) is 1.94. The zero-order chi connectivity index (χ0) is 15.0. The molecule has 0 radical (unpaired) electrons. The first-order chi connectivity index (χ1) is 9.52. The van der Waals surface area contributed by atoms with Crippen molar-refractivity contribution < 1.29 is 24.2 Å². The van der Waals surface area contributed by atoms with Crippen LogP contribution in [0.3, 0.4) is 0 Å². The lowest BCUT2D eigenvalue weighted by molar-refractivity contribution is -0.136. The molecule has 20 heavy (non-hydrogen) atoms. The Balaban J connectivity index is 2.20. The summed E-state index contributed by atoms with van der Waals surface area (Å²) < 4.78 is 4.90. The van der Waals surface area contributed by atoms with Crippen molar-refractivity contribution in [2.24, 2.45) is 0 Å². The molecular weight excluding hydrogens is 266 g/mol. The van der Waals surface area contributed by atoms with Crippen LogP contribution < -0.4 is 10.6 Å². The van der Waals surface area contributed by atoms with Gasteiger partial charge in [0, 0.05) is 25.7 Å². The summed E-state index contributed by atoms with van der Waals surface area (Å²) in [6.45, 7) is 3.29. The highest BCUT2D eigenvalue weighted by molar-refractivity contribution is 5.75. The molecule has 0 unspecified atom stereocenters. The summed E-state index contributed by atoms with van der Waals surface area (Å²) in [5.41, 5.74) is 0. The molecule has 0 atom stereocenters. The number of piperidine rings is 1. The molecule has 0 aliphatic carbocycles. The minimum absolute atomic E-state index is 0.00879. The predicted octanol–water partition coefficient (Wildman–Crippen LogP) is 0.381. The zero-order valence-corrected chi connectivity index (χ0v) is 11.6. The van der Waals surface area contributed by atoms with Crippen LogP contribution in [-0.4, -0.2) is 60.4 Å². The monoisotopic (exact) mass is 287 g/mol. The average Bonchev–Trinajstić information content (AvgIpc) is 2.39. The molecule has 0 saturated carbocycles. The van der Waals surface area contributed by atoms with Crippen LogP contribution in [0, 0.1) is 0 Å². The van der Waals surface area contributed by atoms with Crippen LogP contribution in [0.1, 0.15) is 26.2 Å². The second kappa shape index (κ2) is 8.23. The van der Waals surface area contributed by atoms with Gasteiger partial charge in [0.1, 0.15) is 0 Å². The number of hydrogen-bond acceptors (Lipinski definition) is 4. The second-order valence-electron chi connectivity index (χ2n) is 4.50. The number of ether oxygens (including phenoxy) is 1. The molecule has 114 valence electrons. The van der Waals surface area contributed by atoms with Crippen LogP contribution in [0.5, 0.6) is 0 Å². The van der Waals surface area contributed by atoms with E-state index in [1.165, 1.54) is 0 Å². The van der Waals surface area contributed by atoms with Crippen molar-refractivity contribution in [2.75, 3.05) is 26.2 Å². The lowest BCUT2D eigenvalue weighted by Gasteiger charge is -2.31. The molecule has 3 N–H and O–H groups in total. The van der Waals surface area contributed by atoms with Crippen LogP contribution in [0.2, 0.25) is 0 Å². The molecule has 8 heteroatoms. The first kappa shape index (κ1) is 16.1. The summed E-state index contributed by atoms with van der Waals surface area (Å²) in [5.74, 6) is -0.951. The van der Waals surface area contributed by atoms with Gasteiger partial charge >= 0.3 is 18.1 Å². The molecule has 0 spiro atoms. The summed E-state index contributed by atoms with van der Waals surface area (Å²) in [6, 6.07) is -0.383. The van der Waals surface area contributed by atoms with E-state index in [0.717, 1.165) is 0 Å². The van der Waals surface area contributed by atoms with Gasteiger partial charge in [0.05, 0.1) is 13.0 Å². The van der Waals surface area contributed by atoms with Gasteiger partial charge in [0.2, 0.25) is 0 Å². The molecule has 0 aromatic carbocycles. The molecule has 1 aliphatic heterocycles. The number of rotatable bonds is 5. The molecule has 0 bridgehead atoms. The van der Waals surface area contributed by atoms with Crippen molar-refractivity contribution in [2.45, 2.75) is 32.2 Å². The van der Waals surface area contributed by atoms with Gasteiger partial charge in [0.25, 0.3) is 0 Å². The zero-order valence-electron chi connectivity index (χ0n) is 11.6. The van der Waals surface area contributed by atoms with Gasteiger partial charge in [0.15, 0.2) is 0 Å². The Morgan fingerprint density at radius 2 is 1.95 bits per heavy atom. The Kier molecular flexibility index (Phi) is 6.61. The second-order valence-corrected chi connectivity index (χ2v) is 4.50. The number of carboxylic acid groups (broad SMARTS) is 1. The number of hydrogen-bond donors (Lipinski definition) is 3. The molecule has 0 aromatic heterocycles. The third-order valence-corrected chi connectivity index (χ3v) is 2.98. The number of nitrogens with one attached hydrogen (secondary N) is 2. The Morgan fingerprint density at radius 1 is 1.30 bits per heavy atom. The summed E-state index contributed by atoms with van der Waals surface area (Å²) in [7, 11) is 0. The van der Waals surface area contributed by atoms with Crippen LogP contribution in [0.4, 0.5) is 9.59 Å². The first-order valence-electron chi connectivity index (χ1n) is 6.70. The third kappa shape index (κ3) is 5.77. The van der Waals surface area contributed by atoms with Gasteiger partial charge in [-0.1, -0.05) is 0 Å². The molecule has 0 aromatic rings. The Bertz CT molecular complexity index is 353. The third-order valence-electron chi connectivity index (χ3n) is 2.98. The topological polar surface area (TPSA) is 108 Å². The van der Waals surface area contributed by atoms with Crippen molar-refractivity contribution in [1.29, 1.82) is 0 Å². The fourth-order valence-electron chi connectivity index (χ4n) is 1.94. The van der Waals surface area contributed by atoms with Crippen molar-refractivity contribution in [3.05, 3.63) is 0 Å². The maximum absolute atomic E-state index is 11.5. The summed E-state index contributed by atoms with van der Waals surface area (Å²) in [6.07, 6.45) is 0.891. The van der Waals surface area contributed by atoms with Crippen LogP contribution in [0.25, 0.3) is 0 Å². The lowest BCUT2D eigenvalue weighted by Crippen LogP contribution is -2.49. The van der Waals surface area contributed by atoms with Crippen molar-refractivity contribution in [3.63, 3.8) is 0 Å². The number of carboxylic acids is 1. The van der Waals surface area contributed by atoms with Gasteiger partial charge in [-0.3, -0.25) is 4.79 Å². The van der Waals surface area contributed by atoms with Gasteiger partial charge in [-0.05, 0) is 19.8 Å². The quantitative estimate of drug-likeness (QED) is 0.677. The fraction of sp³-hybridized carbons (Fsp3) is 0.750. The highest BCUT2D eigenvalue weighted by Crippen LogP contribution is 2.11. The van der Waals surface area contributed by atoms with Gasteiger partial charge in [-0.15, -0.1) is 0 Å². The van der Waals surface area contributed by atoms with Crippen molar-refractivity contribution >= 4 is 18.1 Å². The van der Waals surface area contributed by atoms with E-state index in [1.54, 1.807) is 11.8 Å². The number of likely N-dealkylation sites (tertiary alicyclic amines) is 1. The lowest BCUT2D eigenvalue weighted by atomic mass is 10.1. The van der Waals surface area contributed by atoms with Crippen molar-refractivity contribution in [1.82, 2.24) is 15.5 Å². The highest BCUT2D eigenvalue weighted by atomic mass is 16.6. The van der Waals surface area contributed by atoms with E-state index in [-0.39, 0.29) is 31.1 Å². The molecule has 1 rings (SSSR count). The minimum Gasteiger partial charge on any atom is -0.481 e. The smallest absolute Gasteiger partial charge is 0.409 e. The van der Waals surface area contributed by atoms with E-state index in [1.807, 2.05) is 0 Å². The molecule has 1 aliphatic rings. The summed E-state index contributed by atoms with van der Waals surface area (Å²) in [4.78, 5) is 34.9. The number of aliphatic carboxylic acids is 1. The molecule has 8 nitrogen and oxygen atoms in total. The number of nitrogens with zero attached hydrogens (tertiary/aromatic N) is 1. The van der Waals surface area contributed by atoms with Gasteiger partial charge in [-0.2, -0.15) is 0 Å². The van der Waals surface area contributed by atoms with E-state index in [4.69, 9.17) is 9.84 Å². The standard InChI is InChI=1S/C12H21N3O5/c1-2-20-12(19)15-7-4-9(5-8-15)14-11(18)13-6-3-10(16)17/h9H,2-8H2,1H3,(H,16,17)(H2,13,14,18). The van der Waals surface area contributed by atoms with Crippen LogP contribution >= 0.6 is 0 Å². The highest BCUT2D eigenvalue weighted by Gasteiger charge is 2.24. The van der Waals surface area contributed by atoms with E-state index in [0.29, 0.717) is 32.5 Å². The first-order valence-corrected chi connectivity index (χ1v) is 6.70. The average molecular weight is 287 g/mol. The van der Waals surface area contributed by atoms with Crippen LogP contribution in [0.15, 0.2) is 0 Å². The Morgan fingerprint density at radius 3 is 2.50 bits per heavy atom. The summed E-state index contributed by atoms with van der Waals surface area (Å²) in [5, 5.41) is 13.7. The Hall–Kier alpha value is -1.99. The van der Waals surface area contributed by atoms with Crippen LogP contribution in [-0.2, 0) is 9.53 Å². The minimum atomic E-state index is -0.951. The normalized spacial score (nSPS) is 15.6. The molecular formula is C12H21N3O5. The Labute approximate surface area is 117 Å². The molecule has 3 amide bonds. The van der Waals surface area contributed by atoms with Crippen molar-refractivity contribution in [3.8, 4) is 0 Å². The maximum Gasteiger partial charge on any atom is 0.409 e. The van der Waals surface area contributed by atoms with E-state index < -0.39 is 5.97 Å². The molecule has 1 heterocycles. The largest absolute Gasteiger partial charge is 0.481 e. The summed E-state index contributed by atoms with van der Waals surface area (Å²) >= 11 is 0. The number of carbonyl (C=O) groups is 3. The number of amides is 3. The van der Waals surface area contributed by atoms with Gasteiger partial charge in [-0.25, -0.2) is 9.59 Å². The molecule has 1 fully saturated rings. The maximum atomic E-state index is 11.5. The predicted molar refractivity (Wildman–Crippen MR) is 70.4 cm³/mol. The molecule has 1 saturated heterocycles. The van der Waals surface area contributed by atoms with Gasteiger partial charge < -0.3 is 25.4 Å². The number of urea groups is 1. The SMILES string of the molecule is CCOC(=O)N1CCC(NC(=O)NCCC(=O)O)CC1. The van der Waals surface area contributed by atoms with E-state index in [9.17, 15) is 14.4 Å².